The van der Waals surface area contributed by atoms with E-state index in [0.29, 0.717) is 50.9 Å². The number of guanidine groups is 1. The summed E-state index contributed by atoms with van der Waals surface area (Å²) in [6.07, 6.45) is 4.66. The van der Waals surface area contributed by atoms with Gasteiger partial charge in [-0.2, -0.15) is 0 Å². The molecule has 7 atom stereocenters. The molecule has 0 aromatic carbocycles. The average molecular weight is 1060 g/mol. The molecule has 420 valence electrons. The number of aromatic amines is 1. The van der Waals surface area contributed by atoms with Gasteiger partial charge in [-0.3, -0.25) is 48.1 Å². The first kappa shape index (κ1) is 64.3. The van der Waals surface area contributed by atoms with Crippen LogP contribution in [-0.4, -0.2) is 185 Å². The quantitative estimate of drug-likeness (QED) is 0.0171. The van der Waals surface area contributed by atoms with E-state index in [9.17, 15) is 48.3 Å². The van der Waals surface area contributed by atoms with Gasteiger partial charge in [0.05, 0.1) is 25.0 Å². The zero-order valence-corrected chi connectivity index (χ0v) is 43.3. The maximum atomic E-state index is 14.2. The maximum Gasteiger partial charge on any atom is 0.269 e. The summed E-state index contributed by atoms with van der Waals surface area (Å²) >= 11 is 0. The predicted octanol–water partition coefficient (Wildman–Crippen LogP) is -5.82. The lowest BCUT2D eigenvalue weighted by Crippen LogP contribution is -2.60. The Morgan fingerprint density at radius 2 is 1.49 bits per heavy atom. The number of aliphatic hydroxyl groups is 1. The molecule has 75 heavy (non-hydrogen) atoms. The summed E-state index contributed by atoms with van der Waals surface area (Å²) in [4.78, 5) is 141. The Kier molecular flexibility index (Phi) is 29.7. The van der Waals surface area contributed by atoms with Crippen LogP contribution in [-0.2, 0) is 49.6 Å². The molecule has 22 N–H and O–H groups in total. The van der Waals surface area contributed by atoms with Gasteiger partial charge in [0.15, 0.2) is 5.96 Å². The van der Waals surface area contributed by atoms with E-state index in [0.717, 1.165) is 0 Å². The van der Waals surface area contributed by atoms with Crippen molar-refractivity contribution >= 4 is 70.5 Å². The van der Waals surface area contributed by atoms with E-state index in [4.69, 9.17) is 40.1 Å². The number of primary amides is 1. The number of nitrogens with two attached hydrogens (primary N) is 7. The van der Waals surface area contributed by atoms with Crippen LogP contribution in [0.1, 0.15) is 104 Å². The number of nitrogens with one attached hydrogen (secondary N) is 7. The topological polar surface area (TPSA) is 497 Å². The van der Waals surface area contributed by atoms with Crippen molar-refractivity contribution in [3.05, 3.63) is 18.2 Å². The van der Waals surface area contributed by atoms with Crippen molar-refractivity contribution in [1.82, 2.24) is 46.8 Å². The van der Waals surface area contributed by atoms with Crippen LogP contribution in [0, 0.1) is 0 Å². The van der Waals surface area contributed by atoms with E-state index in [-0.39, 0.29) is 94.4 Å². The Labute approximate surface area is 436 Å². The molecule has 0 saturated carbocycles. The standard InChI is InChI=1S/C46H81N19O10/c1-26(2)55-18-7-5-12-31(41(71)61-30(38(51)68)14-9-19-56-46(52)53)62-42(72)33(21-28-23-54-25-58-28)63-43(73)34-15-10-20-65(34)45(75)32(13-8-17-48)60-36(67)24-57-39(69)27(3)59-44(74)37(35(66)22-49)64-40(70)29(50)11-4-6-16-47/h23,25-27,29,31,33-35,37,55,66H,4-22,24,47-50H2,1-3H3,(H2,51,68)(H,54,58)(H,57,69)(H,59,74)(H,62,72)(H,63,73)(H,64,70)(H4,52,53,56)/t27-,29-,31-,33-,34-,35-,37-/m0/s1. The molecule has 1 aliphatic rings. The first-order valence-corrected chi connectivity index (χ1v) is 25.2. The minimum atomic E-state index is -1.57. The van der Waals surface area contributed by atoms with E-state index in [1.54, 1.807) is 0 Å². The van der Waals surface area contributed by atoms with E-state index in [2.05, 4.69) is 56.8 Å². The molecule has 1 fully saturated rings. The molecular weight excluding hydrogens is 979 g/mol. The first-order chi connectivity index (χ1) is 35.6. The lowest BCUT2D eigenvalue weighted by atomic mass is 10.1. The second-order valence-electron chi connectivity index (χ2n) is 18.3. The van der Waals surface area contributed by atoms with E-state index in [1.807, 2.05) is 13.8 Å². The number of carbonyl (C=O) groups is 9. The van der Waals surface area contributed by atoms with Gasteiger partial charge >= 0.3 is 0 Å². The lowest BCUT2D eigenvalue weighted by Gasteiger charge is -2.27. The number of hydrogen-bond donors (Lipinski definition) is 15. The minimum Gasteiger partial charge on any atom is -0.389 e. The summed E-state index contributed by atoms with van der Waals surface area (Å²) in [5.74, 6) is -7.72. The summed E-state index contributed by atoms with van der Waals surface area (Å²) in [6, 6.07) is -7.38. The molecule has 1 aromatic rings. The number of imidazole rings is 1. The first-order valence-electron chi connectivity index (χ1n) is 25.2. The van der Waals surface area contributed by atoms with Gasteiger partial charge in [0.2, 0.25) is 29.5 Å². The number of amides is 9. The third-order valence-electron chi connectivity index (χ3n) is 11.7. The van der Waals surface area contributed by atoms with Crippen LogP contribution in [0.25, 0.3) is 0 Å². The fourth-order valence-corrected chi connectivity index (χ4v) is 7.56. The fourth-order valence-electron chi connectivity index (χ4n) is 7.56. The summed E-state index contributed by atoms with van der Waals surface area (Å²) in [5, 5.41) is 26.2. The molecule has 1 aromatic heterocycles. The normalized spacial score (nSPS) is 16.2. The minimum absolute atomic E-state index is 0.0307. The van der Waals surface area contributed by atoms with E-state index < -0.39 is 109 Å². The Bertz CT molecular complexity index is 2130. The van der Waals surface area contributed by atoms with Crippen molar-refractivity contribution in [2.24, 2.45) is 55.1 Å². The molecule has 29 heteroatoms. The number of carbonyl (C=O) groups excluding carboxylic acids is 9. The molecular formula is C46H81N19O10. The summed E-state index contributed by atoms with van der Waals surface area (Å²) in [5.41, 5.74) is 39.0. The largest absolute Gasteiger partial charge is 0.389 e. The molecule has 1 saturated heterocycles. The van der Waals surface area contributed by atoms with Crippen LogP contribution in [0.15, 0.2) is 27.5 Å². The summed E-state index contributed by atoms with van der Waals surface area (Å²) in [6.45, 7) is 5.45. The fraction of sp³-hybridized carbons (Fsp3) is 0.674. The van der Waals surface area contributed by atoms with Crippen molar-refractivity contribution in [3.8, 4) is 0 Å². The molecule has 0 bridgehead atoms. The highest BCUT2D eigenvalue weighted by atomic mass is 16.3. The Morgan fingerprint density at radius 3 is 2.12 bits per heavy atom. The highest BCUT2D eigenvalue weighted by Gasteiger charge is 2.38. The summed E-state index contributed by atoms with van der Waals surface area (Å²) < 4.78 is 0. The predicted molar refractivity (Wildman–Crippen MR) is 279 cm³/mol. The van der Waals surface area contributed by atoms with Crippen molar-refractivity contribution in [3.63, 3.8) is 0 Å². The van der Waals surface area contributed by atoms with Gasteiger partial charge in [0.25, 0.3) is 23.6 Å². The van der Waals surface area contributed by atoms with E-state index >= 15 is 0 Å². The zero-order chi connectivity index (χ0) is 56.0. The van der Waals surface area contributed by atoms with Crippen LogP contribution in [0.4, 0.5) is 0 Å². The summed E-state index contributed by atoms with van der Waals surface area (Å²) in [7, 11) is 0. The monoisotopic (exact) mass is 1060 g/mol. The number of hydrogen-bond acceptors (Lipinski definition) is 17. The van der Waals surface area contributed by atoms with Crippen LogP contribution in [0.5, 0.6) is 0 Å². The van der Waals surface area contributed by atoms with Crippen LogP contribution < -0.4 is 72.0 Å². The number of likely N-dealkylation sites (tertiary alicyclic amines) is 1. The number of aliphatic hydroxyl groups excluding tert-OH is 1. The average Bonchev–Trinajstić information content (AvgIpc) is 4.09. The molecule has 0 radical (unpaired) electrons. The van der Waals surface area contributed by atoms with Gasteiger partial charge < -0.3 is 87.0 Å². The molecule has 0 unspecified atom stereocenters. The SMILES string of the molecule is CC(C)NCCCC[C@H](NC(=O)[C@H](Cc1cnc[nH]1)NC(=O)[C@@H]1CCCN1C(=O)C(CCCN)=NC(=O)CNC(=O)[C@H](C)NC(=O)[C@@H](NC(=O)[C@@H](N)CCCCN)[C@@H](O)CN)C(=O)N=C(CCCN=C(N)N)C(N)=O. The highest BCUT2D eigenvalue weighted by molar-refractivity contribution is 6.41. The van der Waals surface area contributed by atoms with Gasteiger partial charge in [0.1, 0.15) is 41.6 Å². The van der Waals surface area contributed by atoms with Crippen molar-refractivity contribution in [2.45, 2.75) is 153 Å². The third kappa shape index (κ3) is 24.0. The van der Waals surface area contributed by atoms with Crippen LogP contribution >= 0.6 is 0 Å². The molecule has 0 spiro atoms. The molecule has 9 amide bonds. The van der Waals surface area contributed by atoms with Crippen LogP contribution in [0.2, 0.25) is 0 Å². The number of unbranched alkanes of at least 4 members (excludes halogenated alkanes) is 2. The second-order valence-corrected chi connectivity index (χ2v) is 18.3. The third-order valence-corrected chi connectivity index (χ3v) is 11.7. The van der Waals surface area contributed by atoms with Gasteiger partial charge in [-0.05, 0) is 97.2 Å². The van der Waals surface area contributed by atoms with Crippen molar-refractivity contribution in [1.29, 1.82) is 0 Å². The van der Waals surface area contributed by atoms with Gasteiger partial charge in [0, 0.05) is 44.0 Å². The Morgan fingerprint density at radius 1 is 0.800 bits per heavy atom. The molecule has 2 rings (SSSR count). The van der Waals surface area contributed by atoms with Crippen molar-refractivity contribution in [2.75, 3.05) is 45.8 Å². The van der Waals surface area contributed by atoms with Crippen molar-refractivity contribution < 1.29 is 48.3 Å². The van der Waals surface area contributed by atoms with E-state index in [1.165, 1.54) is 24.3 Å². The van der Waals surface area contributed by atoms with Gasteiger partial charge in [-0.25, -0.2) is 15.0 Å². The molecule has 0 aliphatic carbocycles. The number of aromatic nitrogens is 2. The smallest absolute Gasteiger partial charge is 0.269 e. The maximum absolute atomic E-state index is 14.2. The highest BCUT2D eigenvalue weighted by Crippen LogP contribution is 2.20. The van der Waals surface area contributed by atoms with Gasteiger partial charge in [-0.1, -0.05) is 20.3 Å². The number of nitrogens with zero attached hydrogens (tertiary/aromatic N) is 5. The Balaban J connectivity index is 2.28. The zero-order valence-electron chi connectivity index (χ0n) is 43.3. The lowest BCUT2D eigenvalue weighted by molar-refractivity contribution is -0.136. The second kappa shape index (κ2) is 34.7. The number of aliphatic imine (C=N–C) groups is 3. The molecule has 1 aliphatic heterocycles. The van der Waals surface area contributed by atoms with Crippen LogP contribution in [0.3, 0.4) is 0 Å². The van der Waals surface area contributed by atoms with Gasteiger partial charge in [-0.15, -0.1) is 0 Å². The Hall–Kier alpha value is -6.79. The molecule has 29 nitrogen and oxygen atoms in total. The molecule has 2 heterocycles. The number of rotatable bonds is 35. The number of H-pyrrole nitrogens is 1.